The number of hydrogen-bond donors (Lipinski definition) is 3. The molecule has 190 valence electrons. The number of rotatable bonds is 9. The van der Waals surface area contributed by atoms with Crippen molar-refractivity contribution >= 4 is 17.5 Å². The fourth-order valence-electron chi connectivity index (χ4n) is 4.01. The molecule has 2 heterocycles. The molecule has 2 atom stereocenters. The molecule has 10 nitrogen and oxygen atoms in total. The van der Waals surface area contributed by atoms with Crippen molar-refractivity contribution in [1.29, 1.82) is 0 Å². The summed E-state index contributed by atoms with van der Waals surface area (Å²) in [5.41, 5.74) is 2.73. The summed E-state index contributed by atoms with van der Waals surface area (Å²) in [5, 5.41) is 23.3. The van der Waals surface area contributed by atoms with Gasteiger partial charge in [-0.25, -0.2) is 4.98 Å². The molecule has 2 aromatic carbocycles. The van der Waals surface area contributed by atoms with E-state index in [4.69, 9.17) is 4.74 Å². The number of para-hydroxylation sites is 1. The fraction of sp³-hybridized carbons (Fsp3) is 0.346. The maximum Gasteiger partial charge on any atom is 0.254 e. The predicted molar refractivity (Wildman–Crippen MR) is 133 cm³/mol. The minimum Gasteiger partial charge on any atom is -0.487 e. The molecule has 0 unspecified atom stereocenters. The topological polar surface area (TPSA) is 120 Å². The van der Waals surface area contributed by atoms with Gasteiger partial charge in [-0.3, -0.25) is 9.59 Å². The number of amides is 2. The first-order chi connectivity index (χ1) is 17.4. The number of carbonyl (C=O) groups is 2. The van der Waals surface area contributed by atoms with Gasteiger partial charge < -0.3 is 34.6 Å². The summed E-state index contributed by atoms with van der Waals surface area (Å²) in [6, 6.07) is 17.0. The molecule has 3 aromatic rings. The van der Waals surface area contributed by atoms with Crippen molar-refractivity contribution < 1.29 is 24.5 Å². The number of ether oxygens (including phenoxy) is 1. The third kappa shape index (κ3) is 6.21. The smallest absolute Gasteiger partial charge is 0.254 e. The number of imidazole rings is 1. The normalized spacial score (nSPS) is 15.3. The zero-order valence-corrected chi connectivity index (χ0v) is 20.2. The second kappa shape index (κ2) is 11.7. The zero-order valence-electron chi connectivity index (χ0n) is 20.2. The van der Waals surface area contributed by atoms with E-state index in [-0.39, 0.29) is 6.54 Å². The lowest BCUT2D eigenvalue weighted by Crippen LogP contribution is -2.55. The van der Waals surface area contributed by atoms with Crippen LogP contribution in [0.5, 0.6) is 5.75 Å². The van der Waals surface area contributed by atoms with E-state index in [2.05, 4.69) is 15.2 Å². The van der Waals surface area contributed by atoms with Gasteiger partial charge in [0.25, 0.3) is 11.8 Å². The minimum atomic E-state index is -1.87. The highest BCUT2D eigenvalue weighted by molar-refractivity contribution is 5.90. The van der Waals surface area contributed by atoms with Crippen molar-refractivity contribution in [2.24, 2.45) is 7.05 Å². The van der Waals surface area contributed by atoms with Crippen molar-refractivity contribution in [3.05, 3.63) is 78.4 Å². The lowest BCUT2D eigenvalue weighted by molar-refractivity contribution is -0.153. The predicted octanol–water partition coefficient (Wildman–Crippen LogP) is 0.686. The van der Waals surface area contributed by atoms with Crippen LogP contribution in [0, 0.1) is 0 Å². The van der Waals surface area contributed by atoms with Crippen LogP contribution in [0.15, 0.2) is 67.1 Å². The summed E-state index contributed by atoms with van der Waals surface area (Å²) in [7, 11) is 1.88. The largest absolute Gasteiger partial charge is 0.487 e. The van der Waals surface area contributed by atoms with Gasteiger partial charge in [0.1, 0.15) is 12.4 Å². The Kier molecular flexibility index (Phi) is 8.19. The van der Waals surface area contributed by atoms with Crippen LogP contribution in [0.2, 0.25) is 0 Å². The fourth-order valence-corrected chi connectivity index (χ4v) is 4.01. The Hall–Kier alpha value is -3.89. The van der Waals surface area contributed by atoms with Crippen molar-refractivity contribution in [2.75, 3.05) is 31.1 Å². The molecule has 0 bridgehead atoms. The minimum absolute atomic E-state index is 0.107. The van der Waals surface area contributed by atoms with E-state index in [1.165, 1.54) is 4.90 Å². The van der Waals surface area contributed by atoms with E-state index < -0.39 is 24.0 Å². The highest BCUT2D eigenvalue weighted by Gasteiger charge is 2.34. The molecule has 1 aliphatic heterocycles. The van der Waals surface area contributed by atoms with Gasteiger partial charge in [0.05, 0.1) is 18.2 Å². The quantitative estimate of drug-likeness (QED) is 0.401. The average molecular weight is 494 g/mol. The Morgan fingerprint density at radius 1 is 1.03 bits per heavy atom. The number of aromatic nitrogens is 2. The van der Waals surface area contributed by atoms with Gasteiger partial charge in [0.2, 0.25) is 0 Å². The van der Waals surface area contributed by atoms with Crippen LogP contribution in [-0.2, 0) is 29.8 Å². The number of nitrogens with one attached hydrogen (secondary N) is 1. The molecule has 1 saturated heterocycles. The second-order valence-electron chi connectivity index (χ2n) is 8.69. The number of anilines is 1. The standard InChI is InChI=1S/C26H31N5O5/c1-29-18-27-16-21(29)17-36-22-9-5-6-19(14-22)15-28-25(34)23(32)24(33)26(35)31-12-10-30(11-13-31)20-7-3-2-4-8-20/h2-9,14,16,18,23-24,32-33H,10-13,15,17H2,1H3,(H,28,34)/t23-,24-/m1/s1. The number of aliphatic hydroxyl groups excluding tert-OH is 2. The van der Waals surface area contributed by atoms with Gasteiger partial charge in [0, 0.05) is 45.5 Å². The first-order valence-electron chi connectivity index (χ1n) is 11.8. The Labute approximate surface area is 209 Å². The highest BCUT2D eigenvalue weighted by Crippen LogP contribution is 2.17. The van der Waals surface area contributed by atoms with Crippen LogP contribution < -0.4 is 15.0 Å². The Morgan fingerprint density at radius 3 is 2.47 bits per heavy atom. The van der Waals surface area contributed by atoms with E-state index >= 15 is 0 Å². The summed E-state index contributed by atoms with van der Waals surface area (Å²) in [6.07, 6.45) is -0.281. The molecular formula is C26H31N5O5. The number of benzene rings is 2. The zero-order chi connectivity index (χ0) is 25.5. The molecular weight excluding hydrogens is 462 g/mol. The molecule has 0 aliphatic carbocycles. The summed E-state index contributed by atoms with van der Waals surface area (Å²) >= 11 is 0. The number of nitrogens with zero attached hydrogens (tertiary/aromatic N) is 4. The van der Waals surface area contributed by atoms with E-state index in [0.29, 0.717) is 38.5 Å². The highest BCUT2D eigenvalue weighted by atomic mass is 16.5. The number of carbonyl (C=O) groups excluding carboxylic acids is 2. The second-order valence-corrected chi connectivity index (χ2v) is 8.69. The molecule has 2 amide bonds. The summed E-state index contributed by atoms with van der Waals surface area (Å²) in [5.74, 6) is -0.857. The molecule has 1 aliphatic rings. The monoisotopic (exact) mass is 493 g/mol. The van der Waals surface area contributed by atoms with Crippen molar-refractivity contribution in [3.63, 3.8) is 0 Å². The molecule has 0 radical (unpaired) electrons. The van der Waals surface area contributed by atoms with Crippen LogP contribution in [0.4, 0.5) is 5.69 Å². The summed E-state index contributed by atoms with van der Waals surface area (Å²) in [6.45, 7) is 2.44. The summed E-state index contributed by atoms with van der Waals surface area (Å²) < 4.78 is 7.64. The van der Waals surface area contributed by atoms with E-state index in [1.54, 1.807) is 36.8 Å². The van der Waals surface area contributed by atoms with Gasteiger partial charge in [-0.2, -0.15) is 0 Å². The van der Waals surface area contributed by atoms with Gasteiger partial charge in [-0.05, 0) is 29.8 Å². The van der Waals surface area contributed by atoms with Crippen LogP contribution in [0.1, 0.15) is 11.3 Å². The average Bonchev–Trinajstić information content (AvgIpc) is 3.34. The van der Waals surface area contributed by atoms with Gasteiger partial charge in [-0.1, -0.05) is 30.3 Å². The Bertz CT molecular complexity index is 1160. The van der Waals surface area contributed by atoms with Crippen LogP contribution in [0.3, 0.4) is 0 Å². The molecule has 3 N–H and O–H groups in total. The van der Waals surface area contributed by atoms with Crippen molar-refractivity contribution in [1.82, 2.24) is 19.8 Å². The third-order valence-electron chi connectivity index (χ3n) is 6.20. The molecule has 1 fully saturated rings. The lowest BCUT2D eigenvalue weighted by atomic mass is 10.1. The SMILES string of the molecule is Cn1cncc1COc1cccc(CNC(=O)[C@H](O)[C@@H](O)C(=O)N2CCN(c3ccccc3)CC2)c1. The van der Waals surface area contributed by atoms with E-state index in [0.717, 1.165) is 16.9 Å². The lowest BCUT2D eigenvalue weighted by Gasteiger charge is -2.37. The van der Waals surface area contributed by atoms with Gasteiger partial charge in [0.15, 0.2) is 12.2 Å². The molecule has 0 saturated carbocycles. The third-order valence-corrected chi connectivity index (χ3v) is 6.20. The maximum absolute atomic E-state index is 12.7. The van der Waals surface area contributed by atoms with Crippen LogP contribution in [-0.4, -0.2) is 74.9 Å². The van der Waals surface area contributed by atoms with Gasteiger partial charge >= 0.3 is 0 Å². The van der Waals surface area contributed by atoms with Crippen LogP contribution >= 0.6 is 0 Å². The molecule has 10 heteroatoms. The number of hydrogen-bond acceptors (Lipinski definition) is 7. The van der Waals surface area contributed by atoms with E-state index in [1.807, 2.05) is 41.9 Å². The molecule has 4 rings (SSSR count). The van der Waals surface area contributed by atoms with E-state index in [9.17, 15) is 19.8 Å². The molecule has 0 spiro atoms. The number of piperazine rings is 1. The van der Waals surface area contributed by atoms with Gasteiger partial charge in [-0.15, -0.1) is 0 Å². The summed E-state index contributed by atoms with van der Waals surface area (Å²) in [4.78, 5) is 32.8. The Balaban J connectivity index is 1.24. The first kappa shape index (κ1) is 25.2. The maximum atomic E-state index is 12.7. The Morgan fingerprint density at radius 2 is 1.78 bits per heavy atom. The van der Waals surface area contributed by atoms with Crippen molar-refractivity contribution in [3.8, 4) is 5.75 Å². The number of aryl methyl sites for hydroxylation is 1. The van der Waals surface area contributed by atoms with Crippen LogP contribution in [0.25, 0.3) is 0 Å². The van der Waals surface area contributed by atoms with Crippen molar-refractivity contribution in [2.45, 2.75) is 25.4 Å². The first-order valence-corrected chi connectivity index (χ1v) is 11.8. The molecule has 1 aromatic heterocycles. The molecule has 36 heavy (non-hydrogen) atoms. The number of aliphatic hydroxyl groups is 2.